The van der Waals surface area contributed by atoms with Crippen molar-refractivity contribution in [1.29, 1.82) is 0 Å². The number of hydrogen-bond acceptors (Lipinski definition) is 5. The number of carbonyl (C=O) groups excluding carboxylic acids is 1. The van der Waals surface area contributed by atoms with Crippen molar-refractivity contribution in [2.75, 3.05) is 24.9 Å². The number of amides is 1. The molecule has 2 N–H and O–H groups in total. The smallest absolute Gasteiger partial charge is 0.233 e. The SMILES string of the molecule is CS(=O)CC(=O)N[C@H](CF)[C@H](O)c1ccc(S(C)(=O)=O)cc1. The van der Waals surface area contributed by atoms with Gasteiger partial charge in [0.25, 0.3) is 0 Å². The number of rotatable bonds is 7. The van der Waals surface area contributed by atoms with Gasteiger partial charge in [-0.3, -0.25) is 9.00 Å². The van der Waals surface area contributed by atoms with E-state index in [1.54, 1.807) is 0 Å². The minimum absolute atomic E-state index is 0.0747. The van der Waals surface area contributed by atoms with E-state index in [0.717, 1.165) is 6.26 Å². The molecule has 1 unspecified atom stereocenters. The van der Waals surface area contributed by atoms with E-state index in [2.05, 4.69) is 5.32 Å². The summed E-state index contributed by atoms with van der Waals surface area (Å²) >= 11 is 0. The topological polar surface area (TPSA) is 101 Å². The van der Waals surface area contributed by atoms with Crippen LogP contribution in [0.5, 0.6) is 0 Å². The van der Waals surface area contributed by atoms with Gasteiger partial charge in [-0.1, -0.05) is 12.1 Å². The average Bonchev–Trinajstić information content (AvgIpc) is 2.42. The van der Waals surface area contributed by atoms with Crippen molar-refractivity contribution >= 4 is 26.5 Å². The summed E-state index contributed by atoms with van der Waals surface area (Å²) in [4.78, 5) is 11.6. The maximum absolute atomic E-state index is 13.0. The van der Waals surface area contributed by atoms with Gasteiger partial charge >= 0.3 is 0 Å². The van der Waals surface area contributed by atoms with Crippen LogP contribution in [0.3, 0.4) is 0 Å². The zero-order chi connectivity index (χ0) is 16.9. The minimum Gasteiger partial charge on any atom is -0.386 e. The first-order chi connectivity index (χ1) is 10.1. The van der Waals surface area contributed by atoms with Gasteiger partial charge in [-0.2, -0.15) is 0 Å². The minimum atomic E-state index is -3.36. The molecular weight excluding hydrogens is 333 g/mol. The third-order valence-corrected chi connectivity index (χ3v) is 4.68. The van der Waals surface area contributed by atoms with Crippen molar-refractivity contribution in [2.24, 2.45) is 0 Å². The van der Waals surface area contributed by atoms with E-state index < -0.39 is 45.4 Å². The Morgan fingerprint density at radius 3 is 2.32 bits per heavy atom. The highest BCUT2D eigenvalue weighted by Crippen LogP contribution is 2.19. The summed E-state index contributed by atoms with van der Waals surface area (Å²) in [6.07, 6.45) is 1.05. The van der Waals surface area contributed by atoms with Crippen LogP contribution in [0.4, 0.5) is 4.39 Å². The first kappa shape index (κ1) is 18.7. The maximum atomic E-state index is 13.0. The summed E-state index contributed by atoms with van der Waals surface area (Å²) in [7, 11) is -4.73. The lowest BCUT2D eigenvalue weighted by Gasteiger charge is -2.21. The fourth-order valence-corrected chi connectivity index (χ4v) is 2.86. The highest BCUT2D eigenvalue weighted by molar-refractivity contribution is 7.90. The molecule has 0 aliphatic heterocycles. The van der Waals surface area contributed by atoms with Crippen LogP contribution < -0.4 is 5.32 Å². The Labute approximate surface area is 131 Å². The van der Waals surface area contributed by atoms with Crippen molar-refractivity contribution in [3.63, 3.8) is 0 Å². The molecule has 0 heterocycles. The van der Waals surface area contributed by atoms with Gasteiger partial charge in [-0.15, -0.1) is 0 Å². The van der Waals surface area contributed by atoms with E-state index >= 15 is 0 Å². The van der Waals surface area contributed by atoms with Gasteiger partial charge in [0.2, 0.25) is 5.91 Å². The molecule has 9 heteroatoms. The summed E-state index contributed by atoms with van der Waals surface area (Å²) in [5.74, 6) is -0.911. The highest BCUT2D eigenvalue weighted by Gasteiger charge is 2.23. The third-order valence-electron chi connectivity index (χ3n) is 2.88. The van der Waals surface area contributed by atoms with E-state index in [0.29, 0.717) is 0 Å². The molecule has 1 aromatic rings. The molecule has 0 aliphatic carbocycles. The molecule has 0 spiro atoms. The predicted octanol–water partition coefficient (Wildman–Crippen LogP) is -0.0437. The van der Waals surface area contributed by atoms with Crippen LogP contribution in [0, 0.1) is 0 Å². The Hall–Kier alpha value is -1.32. The fraction of sp³-hybridized carbons (Fsp3) is 0.462. The van der Waals surface area contributed by atoms with Crippen LogP contribution in [-0.2, 0) is 25.4 Å². The summed E-state index contributed by atoms with van der Waals surface area (Å²) in [6.45, 7) is -1.02. The molecule has 124 valence electrons. The van der Waals surface area contributed by atoms with E-state index in [-0.39, 0.29) is 16.2 Å². The van der Waals surface area contributed by atoms with Gasteiger partial charge in [0.15, 0.2) is 9.84 Å². The van der Waals surface area contributed by atoms with Crippen LogP contribution >= 0.6 is 0 Å². The number of benzene rings is 1. The van der Waals surface area contributed by atoms with E-state index in [1.807, 2.05) is 0 Å². The molecule has 6 nitrogen and oxygen atoms in total. The van der Waals surface area contributed by atoms with Gasteiger partial charge in [0.05, 0.1) is 10.9 Å². The zero-order valence-corrected chi connectivity index (χ0v) is 13.8. The molecule has 0 radical (unpaired) electrons. The molecule has 1 rings (SSSR count). The Morgan fingerprint density at radius 2 is 1.91 bits per heavy atom. The Kier molecular flexibility index (Phi) is 6.64. The number of hydrogen-bond donors (Lipinski definition) is 2. The number of halogens is 1. The number of carbonyl (C=O) groups is 1. The standard InChI is InChI=1S/C13H18FNO5S2/c1-21(18)8-12(16)15-11(7-14)13(17)9-3-5-10(6-4-9)22(2,19)20/h3-6,11,13,17H,7-8H2,1-2H3,(H,15,16)/t11-,13-,21?/m1/s1. The summed E-state index contributed by atoms with van der Waals surface area (Å²) in [5.41, 5.74) is 0.271. The molecule has 1 amide bonds. The van der Waals surface area contributed by atoms with E-state index in [9.17, 15) is 26.9 Å². The van der Waals surface area contributed by atoms with Gasteiger partial charge in [0.1, 0.15) is 18.5 Å². The van der Waals surface area contributed by atoms with Crippen LogP contribution in [0.2, 0.25) is 0 Å². The Balaban J connectivity index is 2.85. The van der Waals surface area contributed by atoms with Crippen molar-refractivity contribution in [3.05, 3.63) is 29.8 Å². The van der Waals surface area contributed by atoms with Gasteiger partial charge in [-0.25, -0.2) is 12.8 Å². The number of alkyl halides is 1. The van der Waals surface area contributed by atoms with Crippen LogP contribution in [-0.4, -0.2) is 54.6 Å². The lowest BCUT2D eigenvalue weighted by Crippen LogP contribution is -2.42. The summed E-state index contributed by atoms with van der Waals surface area (Å²) in [6, 6.07) is 4.11. The molecule has 0 bridgehead atoms. The van der Waals surface area contributed by atoms with E-state index in [4.69, 9.17) is 0 Å². The molecular formula is C13H18FNO5S2. The second-order valence-corrected chi connectivity index (χ2v) is 8.28. The molecule has 3 atom stereocenters. The quantitative estimate of drug-likeness (QED) is 0.718. The second-order valence-electron chi connectivity index (χ2n) is 4.83. The first-order valence-electron chi connectivity index (χ1n) is 6.28. The Morgan fingerprint density at radius 1 is 1.36 bits per heavy atom. The van der Waals surface area contributed by atoms with Crippen LogP contribution in [0.25, 0.3) is 0 Å². The summed E-state index contributed by atoms with van der Waals surface area (Å²) < 4.78 is 46.6. The number of sulfone groups is 1. The fourth-order valence-electron chi connectivity index (χ4n) is 1.78. The van der Waals surface area contributed by atoms with Gasteiger partial charge < -0.3 is 10.4 Å². The lowest BCUT2D eigenvalue weighted by molar-refractivity contribution is -0.120. The van der Waals surface area contributed by atoms with Crippen LogP contribution in [0.15, 0.2) is 29.2 Å². The molecule has 0 saturated carbocycles. The third kappa shape index (κ3) is 5.47. The molecule has 22 heavy (non-hydrogen) atoms. The molecule has 0 saturated heterocycles. The molecule has 0 aliphatic rings. The second kappa shape index (κ2) is 7.80. The average molecular weight is 351 g/mol. The van der Waals surface area contributed by atoms with Gasteiger partial charge in [0, 0.05) is 23.3 Å². The predicted molar refractivity (Wildman–Crippen MR) is 81.4 cm³/mol. The highest BCUT2D eigenvalue weighted by atomic mass is 32.2. The van der Waals surface area contributed by atoms with Crippen molar-refractivity contribution in [3.8, 4) is 0 Å². The maximum Gasteiger partial charge on any atom is 0.233 e. The number of nitrogens with one attached hydrogen (secondary N) is 1. The van der Waals surface area contributed by atoms with E-state index in [1.165, 1.54) is 30.5 Å². The van der Waals surface area contributed by atoms with Crippen molar-refractivity contribution in [1.82, 2.24) is 5.32 Å². The summed E-state index contributed by atoms with van der Waals surface area (Å²) in [5, 5.41) is 12.3. The molecule has 0 aromatic heterocycles. The van der Waals surface area contributed by atoms with Crippen molar-refractivity contribution < 1.29 is 26.9 Å². The molecule has 1 aromatic carbocycles. The first-order valence-corrected chi connectivity index (χ1v) is 9.90. The zero-order valence-electron chi connectivity index (χ0n) is 12.2. The molecule has 0 fully saturated rings. The van der Waals surface area contributed by atoms with Gasteiger partial charge in [-0.05, 0) is 17.7 Å². The monoisotopic (exact) mass is 351 g/mol. The normalized spacial score (nSPS) is 15.8. The Bertz CT molecular complexity index is 645. The number of aliphatic hydroxyl groups is 1. The van der Waals surface area contributed by atoms with Crippen LogP contribution in [0.1, 0.15) is 11.7 Å². The largest absolute Gasteiger partial charge is 0.386 e. The number of aliphatic hydroxyl groups excluding tert-OH is 1. The van der Waals surface area contributed by atoms with Crippen molar-refractivity contribution in [2.45, 2.75) is 17.0 Å². The lowest BCUT2D eigenvalue weighted by atomic mass is 10.0.